The summed E-state index contributed by atoms with van der Waals surface area (Å²) in [6.45, 7) is 0. The highest BCUT2D eigenvalue weighted by Gasteiger charge is 2.23. The molecule has 8 aromatic rings. The van der Waals surface area contributed by atoms with E-state index >= 15 is 0 Å². The van der Waals surface area contributed by atoms with Crippen LogP contribution < -0.4 is 0 Å². The first-order valence-corrected chi connectivity index (χ1v) is 16.2. The van der Waals surface area contributed by atoms with Crippen molar-refractivity contribution in [2.45, 2.75) is 6.42 Å². The molecule has 0 radical (unpaired) electrons. The Morgan fingerprint density at radius 1 is 0.562 bits per heavy atom. The minimum absolute atomic E-state index is 0.227. The molecule has 6 aromatic carbocycles. The average molecular weight is 613 g/mol. The molecule has 1 atom stereocenters. The number of nitrogens with zero attached hydrogens (tertiary/aromatic N) is 4. The fraction of sp³-hybridized carbons (Fsp3) is 0.0455. The summed E-state index contributed by atoms with van der Waals surface area (Å²) in [7, 11) is 0. The number of para-hydroxylation sites is 4. The third-order valence-corrected chi connectivity index (χ3v) is 9.67. The van der Waals surface area contributed by atoms with Crippen LogP contribution in [-0.4, -0.2) is 9.13 Å². The highest BCUT2D eigenvalue weighted by atomic mass is 15.0. The zero-order valence-corrected chi connectivity index (χ0v) is 26.0. The van der Waals surface area contributed by atoms with Gasteiger partial charge in [-0.05, 0) is 66.1 Å². The summed E-state index contributed by atoms with van der Waals surface area (Å²) in [5, 5.41) is 24.3. The van der Waals surface area contributed by atoms with Crippen molar-refractivity contribution < 1.29 is 0 Å². The number of fused-ring (bicyclic) bond motifs is 6. The van der Waals surface area contributed by atoms with E-state index in [1.54, 1.807) is 0 Å². The molecular weight excluding hydrogens is 585 g/mol. The van der Waals surface area contributed by atoms with Gasteiger partial charge in [0, 0.05) is 44.1 Å². The highest BCUT2D eigenvalue weighted by molar-refractivity contribution is 6.16. The van der Waals surface area contributed by atoms with Crippen molar-refractivity contribution in [1.29, 1.82) is 10.5 Å². The van der Waals surface area contributed by atoms with Gasteiger partial charge in [0.15, 0.2) is 0 Å². The van der Waals surface area contributed by atoms with E-state index in [4.69, 9.17) is 0 Å². The van der Waals surface area contributed by atoms with Crippen LogP contribution in [0, 0.1) is 28.6 Å². The lowest BCUT2D eigenvalue weighted by Gasteiger charge is -2.20. The third kappa shape index (κ3) is 4.14. The monoisotopic (exact) mass is 612 g/mol. The van der Waals surface area contributed by atoms with Crippen molar-refractivity contribution in [1.82, 2.24) is 9.13 Å². The summed E-state index contributed by atoms with van der Waals surface area (Å²) in [5.41, 5.74) is 11.6. The van der Waals surface area contributed by atoms with Gasteiger partial charge in [-0.25, -0.2) is 0 Å². The molecule has 1 unspecified atom stereocenters. The number of benzene rings is 6. The molecule has 9 rings (SSSR count). The van der Waals surface area contributed by atoms with Gasteiger partial charge >= 0.3 is 0 Å². The molecule has 0 amide bonds. The van der Waals surface area contributed by atoms with E-state index in [1.807, 2.05) is 24.3 Å². The summed E-state index contributed by atoms with van der Waals surface area (Å²) in [6, 6.07) is 51.5. The van der Waals surface area contributed by atoms with Gasteiger partial charge in [0.2, 0.25) is 0 Å². The molecule has 4 heteroatoms. The van der Waals surface area contributed by atoms with E-state index in [-0.39, 0.29) is 5.92 Å². The van der Waals surface area contributed by atoms with Crippen LogP contribution in [0.15, 0.2) is 152 Å². The molecule has 0 N–H and O–H groups in total. The summed E-state index contributed by atoms with van der Waals surface area (Å²) >= 11 is 0. The molecule has 2 aromatic heterocycles. The lowest BCUT2D eigenvalue weighted by atomic mass is 9.95. The minimum Gasteiger partial charge on any atom is -0.311 e. The van der Waals surface area contributed by atoms with Gasteiger partial charge in [0.1, 0.15) is 0 Å². The molecule has 0 saturated heterocycles. The Kier molecular flexibility index (Phi) is 6.35. The van der Waals surface area contributed by atoms with E-state index in [2.05, 4.69) is 149 Å². The van der Waals surface area contributed by atoms with Crippen molar-refractivity contribution >= 4 is 49.3 Å². The third-order valence-electron chi connectivity index (χ3n) is 9.67. The normalized spacial score (nSPS) is 14.4. The molecular formula is C44H28N4. The maximum absolute atomic E-state index is 10.2. The van der Waals surface area contributed by atoms with Gasteiger partial charge in [-0.3, -0.25) is 0 Å². The molecule has 0 aliphatic heterocycles. The molecule has 0 fully saturated rings. The van der Waals surface area contributed by atoms with Crippen molar-refractivity contribution in [3.8, 4) is 40.1 Å². The molecule has 0 spiro atoms. The van der Waals surface area contributed by atoms with Crippen molar-refractivity contribution in [2.24, 2.45) is 5.92 Å². The van der Waals surface area contributed by atoms with Crippen molar-refractivity contribution in [3.05, 3.63) is 157 Å². The number of nitriles is 2. The number of rotatable bonds is 4. The first kappa shape index (κ1) is 27.7. The second kappa shape index (κ2) is 11.0. The van der Waals surface area contributed by atoms with E-state index in [1.165, 1.54) is 21.5 Å². The molecule has 4 nitrogen and oxygen atoms in total. The van der Waals surface area contributed by atoms with E-state index < -0.39 is 0 Å². The Balaban J connectivity index is 1.30. The molecule has 48 heavy (non-hydrogen) atoms. The SMILES string of the molecule is N#Cc1ccc(-n2c3ccccc3c3cccc(-c4cccc(-c5cccc6c7ccccc7n(C7=CC=CCC7C#N)c56)c4)c32)cc1. The Bertz CT molecular complexity index is 2720. The fourth-order valence-electron chi connectivity index (χ4n) is 7.55. The molecule has 1 aliphatic carbocycles. The van der Waals surface area contributed by atoms with Gasteiger partial charge < -0.3 is 9.13 Å². The summed E-state index contributed by atoms with van der Waals surface area (Å²) < 4.78 is 4.63. The van der Waals surface area contributed by atoms with E-state index in [0.29, 0.717) is 12.0 Å². The Labute approximate surface area is 277 Å². The Hall–Kier alpha value is -6.62. The second-order valence-corrected chi connectivity index (χ2v) is 12.3. The van der Waals surface area contributed by atoms with E-state index in [0.717, 1.165) is 55.7 Å². The standard InChI is InChI=1S/C44H28N4/c45-27-29-22-24-33(25-23-29)47-41-20-5-2-13-36(41)38-17-8-15-34(43(38)47)30-11-7-12-31(26-30)35-16-9-18-39-37-14-3-6-21-42(37)48(44(35)39)40-19-4-1-10-32(40)28-46/h1-9,11-26,32H,10H2. The van der Waals surface area contributed by atoms with Crippen LogP contribution in [0.25, 0.3) is 77.2 Å². The van der Waals surface area contributed by atoms with Gasteiger partial charge in [0.05, 0.1) is 45.7 Å². The number of aromatic nitrogens is 2. The minimum atomic E-state index is -0.227. The smallest absolute Gasteiger partial charge is 0.0991 e. The number of allylic oxidation sites excluding steroid dienone is 4. The quantitative estimate of drug-likeness (QED) is 0.199. The topological polar surface area (TPSA) is 57.4 Å². The molecule has 0 saturated carbocycles. The van der Waals surface area contributed by atoms with Crippen LogP contribution in [0.4, 0.5) is 0 Å². The molecule has 0 bridgehead atoms. The predicted octanol–water partition coefficient (Wildman–Crippen LogP) is 11.0. The maximum Gasteiger partial charge on any atom is 0.0991 e. The fourth-order valence-corrected chi connectivity index (χ4v) is 7.55. The highest BCUT2D eigenvalue weighted by Crippen LogP contribution is 2.43. The largest absolute Gasteiger partial charge is 0.311 e. The molecule has 224 valence electrons. The van der Waals surface area contributed by atoms with Crippen LogP contribution in [-0.2, 0) is 0 Å². The average Bonchev–Trinajstić information content (AvgIpc) is 3.68. The molecule has 1 aliphatic rings. The first-order chi connectivity index (χ1) is 23.7. The second-order valence-electron chi connectivity index (χ2n) is 12.3. The van der Waals surface area contributed by atoms with Crippen molar-refractivity contribution in [2.75, 3.05) is 0 Å². The first-order valence-electron chi connectivity index (χ1n) is 16.2. The van der Waals surface area contributed by atoms with Crippen LogP contribution in [0.1, 0.15) is 12.0 Å². The maximum atomic E-state index is 10.2. The lowest BCUT2D eigenvalue weighted by molar-refractivity contribution is 0.815. The van der Waals surface area contributed by atoms with Crippen molar-refractivity contribution in [3.63, 3.8) is 0 Å². The molecule has 2 heterocycles. The van der Waals surface area contributed by atoms with Crippen LogP contribution >= 0.6 is 0 Å². The van der Waals surface area contributed by atoms with Gasteiger partial charge in [-0.2, -0.15) is 10.5 Å². The lowest BCUT2D eigenvalue weighted by Crippen LogP contribution is -2.09. The van der Waals surface area contributed by atoms with Crippen LogP contribution in [0.2, 0.25) is 0 Å². The zero-order chi connectivity index (χ0) is 32.2. The van der Waals surface area contributed by atoms with Crippen LogP contribution in [0.5, 0.6) is 0 Å². The Morgan fingerprint density at radius 2 is 1.12 bits per heavy atom. The van der Waals surface area contributed by atoms with Gasteiger partial charge in [-0.15, -0.1) is 0 Å². The van der Waals surface area contributed by atoms with Gasteiger partial charge in [0.25, 0.3) is 0 Å². The summed E-state index contributed by atoms with van der Waals surface area (Å²) in [5.74, 6) is -0.227. The van der Waals surface area contributed by atoms with Crippen LogP contribution in [0.3, 0.4) is 0 Å². The summed E-state index contributed by atoms with van der Waals surface area (Å²) in [4.78, 5) is 0. The van der Waals surface area contributed by atoms with E-state index in [9.17, 15) is 10.5 Å². The number of hydrogen-bond acceptors (Lipinski definition) is 2. The number of hydrogen-bond donors (Lipinski definition) is 0. The zero-order valence-electron chi connectivity index (χ0n) is 26.0. The Morgan fingerprint density at radius 3 is 1.75 bits per heavy atom. The summed E-state index contributed by atoms with van der Waals surface area (Å²) in [6.07, 6.45) is 6.94. The van der Waals surface area contributed by atoms with Gasteiger partial charge in [-0.1, -0.05) is 103 Å². The predicted molar refractivity (Wildman–Crippen MR) is 197 cm³/mol.